The maximum absolute atomic E-state index is 6.03. The minimum atomic E-state index is -1.63. The number of hydrogen-bond donors (Lipinski definition) is 0. The van der Waals surface area contributed by atoms with Crippen molar-refractivity contribution in [2.24, 2.45) is 0 Å². The summed E-state index contributed by atoms with van der Waals surface area (Å²) >= 11 is -1.63. The Hall–Kier alpha value is 0.503. The molecule has 0 N–H and O–H groups in total. The van der Waals surface area contributed by atoms with Gasteiger partial charge in [0.05, 0.1) is 0 Å². The molecule has 0 aliphatic carbocycles. The Morgan fingerprint density at radius 3 is 2.20 bits per heavy atom. The van der Waals surface area contributed by atoms with Gasteiger partial charge in [0.1, 0.15) is 0 Å². The van der Waals surface area contributed by atoms with Crippen LogP contribution in [0.5, 0.6) is 0 Å². The van der Waals surface area contributed by atoms with E-state index in [9.17, 15) is 0 Å². The second-order valence-electron chi connectivity index (χ2n) is 3.36. The van der Waals surface area contributed by atoms with Crippen LogP contribution in [-0.2, 0) is 3.76 Å². The van der Waals surface area contributed by atoms with Crippen molar-refractivity contribution in [3.63, 3.8) is 0 Å². The van der Waals surface area contributed by atoms with Gasteiger partial charge < -0.3 is 0 Å². The molecule has 0 radical (unpaired) electrons. The molecule has 10 heavy (non-hydrogen) atoms. The molecular formula is C8H18GeO. The van der Waals surface area contributed by atoms with Crippen molar-refractivity contribution in [2.45, 2.75) is 49.1 Å². The zero-order chi connectivity index (χ0) is 7.61. The van der Waals surface area contributed by atoms with Gasteiger partial charge in [-0.3, -0.25) is 0 Å². The van der Waals surface area contributed by atoms with Crippen molar-refractivity contribution in [3.05, 3.63) is 0 Å². The van der Waals surface area contributed by atoms with Crippen LogP contribution >= 0.6 is 0 Å². The topological polar surface area (TPSA) is 9.23 Å². The van der Waals surface area contributed by atoms with Gasteiger partial charge in [-0.1, -0.05) is 0 Å². The van der Waals surface area contributed by atoms with E-state index in [0.717, 1.165) is 0 Å². The van der Waals surface area contributed by atoms with Crippen LogP contribution in [0.2, 0.25) is 15.8 Å². The van der Waals surface area contributed by atoms with Crippen LogP contribution in [-0.4, -0.2) is 19.7 Å². The summed E-state index contributed by atoms with van der Waals surface area (Å²) in [7, 11) is 0. The third kappa shape index (κ3) is 1.56. The van der Waals surface area contributed by atoms with E-state index in [-0.39, 0.29) is 0 Å². The van der Waals surface area contributed by atoms with Crippen molar-refractivity contribution in [2.75, 3.05) is 0 Å². The van der Waals surface area contributed by atoms with Gasteiger partial charge in [-0.2, -0.15) is 0 Å². The summed E-state index contributed by atoms with van der Waals surface area (Å²) in [5.74, 6) is 0. The summed E-state index contributed by atoms with van der Waals surface area (Å²) in [6.07, 6.45) is 1.92. The van der Waals surface area contributed by atoms with Crippen molar-refractivity contribution >= 4 is 13.6 Å². The SMILES string of the molecule is C[CH2][Ge]1([CH2]C)[CH2]CC(C)[O]1. The molecule has 0 aromatic carbocycles. The molecule has 1 unspecified atom stereocenters. The Morgan fingerprint density at radius 2 is 2.00 bits per heavy atom. The molecular weight excluding hydrogens is 185 g/mol. The molecule has 0 aromatic rings. The molecule has 0 aromatic heterocycles. The maximum atomic E-state index is 6.03. The van der Waals surface area contributed by atoms with Crippen LogP contribution in [0, 0.1) is 0 Å². The molecule has 1 nitrogen and oxygen atoms in total. The van der Waals surface area contributed by atoms with Gasteiger partial charge in [-0.25, -0.2) is 0 Å². The van der Waals surface area contributed by atoms with E-state index in [1.165, 1.54) is 22.2 Å². The van der Waals surface area contributed by atoms with Gasteiger partial charge >= 0.3 is 66.4 Å². The first-order valence-corrected chi connectivity index (χ1v) is 9.71. The monoisotopic (exact) mass is 204 g/mol. The Labute approximate surface area is 66.8 Å². The summed E-state index contributed by atoms with van der Waals surface area (Å²) in [5.41, 5.74) is 0. The Balaban J connectivity index is 2.51. The third-order valence-corrected chi connectivity index (χ3v) is 12.6. The molecule has 1 saturated heterocycles. The van der Waals surface area contributed by atoms with Gasteiger partial charge in [0.25, 0.3) is 0 Å². The normalized spacial score (nSPS) is 30.9. The molecule has 0 amide bonds. The molecule has 1 aliphatic heterocycles. The molecule has 1 fully saturated rings. The van der Waals surface area contributed by atoms with Gasteiger partial charge in [0, 0.05) is 0 Å². The fraction of sp³-hybridized carbons (Fsp3) is 1.00. The van der Waals surface area contributed by atoms with Crippen molar-refractivity contribution < 1.29 is 3.76 Å². The zero-order valence-electron chi connectivity index (χ0n) is 7.31. The Bertz CT molecular complexity index is 110. The van der Waals surface area contributed by atoms with Crippen LogP contribution < -0.4 is 0 Å². The molecule has 0 saturated carbocycles. The van der Waals surface area contributed by atoms with Gasteiger partial charge in [0.2, 0.25) is 0 Å². The van der Waals surface area contributed by atoms with E-state index in [1.807, 2.05) is 0 Å². The van der Waals surface area contributed by atoms with Gasteiger partial charge in [0.15, 0.2) is 0 Å². The zero-order valence-corrected chi connectivity index (χ0v) is 9.41. The average Bonchev–Trinajstić information content (AvgIpc) is 2.33. The van der Waals surface area contributed by atoms with E-state index in [4.69, 9.17) is 3.76 Å². The summed E-state index contributed by atoms with van der Waals surface area (Å²) in [4.78, 5) is 0. The molecule has 0 bridgehead atoms. The Kier molecular flexibility index (Phi) is 2.81. The Morgan fingerprint density at radius 1 is 1.40 bits per heavy atom. The fourth-order valence-electron chi connectivity index (χ4n) is 1.78. The molecule has 1 heterocycles. The van der Waals surface area contributed by atoms with Crippen LogP contribution in [0.25, 0.3) is 0 Å². The predicted octanol–water partition coefficient (Wildman–Crippen LogP) is 2.78. The van der Waals surface area contributed by atoms with Crippen molar-refractivity contribution in [1.29, 1.82) is 0 Å². The average molecular weight is 203 g/mol. The number of hydrogen-bond acceptors (Lipinski definition) is 1. The van der Waals surface area contributed by atoms with E-state index in [0.29, 0.717) is 6.10 Å². The third-order valence-electron chi connectivity index (χ3n) is 2.75. The van der Waals surface area contributed by atoms with Crippen LogP contribution in [0.3, 0.4) is 0 Å². The standard InChI is InChI=1S/C8H18GeO/c1-4-9(5-2)7-6-8(3)10-9/h8H,4-7H2,1-3H3. The number of rotatable bonds is 2. The molecule has 0 spiro atoms. The van der Waals surface area contributed by atoms with E-state index >= 15 is 0 Å². The first-order valence-electron chi connectivity index (χ1n) is 4.40. The minimum absolute atomic E-state index is 0.583. The molecule has 2 heteroatoms. The van der Waals surface area contributed by atoms with Gasteiger partial charge in [-0.05, 0) is 0 Å². The quantitative estimate of drug-likeness (QED) is 0.626. The van der Waals surface area contributed by atoms with E-state index in [1.54, 1.807) is 0 Å². The summed E-state index contributed by atoms with van der Waals surface area (Å²) in [5, 5.41) is 4.18. The van der Waals surface area contributed by atoms with Gasteiger partial charge in [-0.15, -0.1) is 0 Å². The van der Waals surface area contributed by atoms with Crippen LogP contribution in [0.1, 0.15) is 27.2 Å². The first kappa shape index (κ1) is 8.60. The summed E-state index contributed by atoms with van der Waals surface area (Å²) in [6, 6.07) is 0. The first-order chi connectivity index (χ1) is 4.72. The second-order valence-corrected chi connectivity index (χ2v) is 12.8. The van der Waals surface area contributed by atoms with Crippen molar-refractivity contribution in [3.8, 4) is 0 Å². The van der Waals surface area contributed by atoms with E-state index in [2.05, 4.69) is 20.8 Å². The summed E-state index contributed by atoms with van der Waals surface area (Å²) in [6.45, 7) is 6.83. The fourth-order valence-corrected chi connectivity index (χ4v) is 9.26. The molecule has 1 atom stereocenters. The summed E-state index contributed by atoms with van der Waals surface area (Å²) < 4.78 is 6.03. The molecule has 1 rings (SSSR count). The van der Waals surface area contributed by atoms with Crippen LogP contribution in [0.15, 0.2) is 0 Å². The molecule has 60 valence electrons. The predicted molar refractivity (Wildman–Crippen MR) is 46.7 cm³/mol. The second kappa shape index (κ2) is 3.27. The van der Waals surface area contributed by atoms with Crippen molar-refractivity contribution in [1.82, 2.24) is 0 Å². The molecule has 1 aliphatic rings. The van der Waals surface area contributed by atoms with Crippen LogP contribution in [0.4, 0.5) is 0 Å². The van der Waals surface area contributed by atoms with E-state index < -0.39 is 13.6 Å².